The summed E-state index contributed by atoms with van der Waals surface area (Å²) in [6.45, 7) is 5.81. The van der Waals surface area contributed by atoms with Crippen molar-refractivity contribution in [3.8, 4) is 0 Å². The summed E-state index contributed by atoms with van der Waals surface area (Å²) in [4.78, 5) is 27.0. The molecule has 1 saturated heterocycles. The fraction of sp³-hybridized carbons (Fsp3) is 0.381. The lowest BCUT2D eigenvalue weighted by Gasteiger charge is -2.38. The van der Waals surface area contributed by atoms with Crippen LogP contribution in [0.5, 0.6) is 0 Å². The SMILES string of the molecule is CC(=O)N(c1ccc(C)cc1)C1CCN(Cc2cc([N+](=O)[O-])ccc2Cl)CC1. The molecular formula is C21H24ClN3O3. The number of carbonyl (C=O) groups excluding carboxylic acids is 1. The van der Waals surface area contributed by atoms with E-state index in [0.29, 0.717) is 11.6 Å². The molecule has 6 nitrogen and oxygen atoms in total. The van der Waals surface area contributed by atoms with E-state index < -0.39 is 4.92 Å². The van der Waals surface area contributed by atoms with Gasteiger partial charge in [0.15, 0.2) is 0 Å². The smallest absolute Gasteiger partial charge is 0.269 e. The summed E-state index contributed by atoms with van der Waals surface area (Å²) >= 11 is 6.23. The Morgan fingerprint density at radius 3 is 2.43 bits per heavy atom. The number of likely N-dealkylation sites (tertiary alicyclic amines) is 1. The summed E-state index contributed by atoms with van der Waals surface area (Å²) in [7, 11) is 0. The maximum atomic E-state index is 12.3. The second-order valence-electron chi connectivity index (χ2n) is 7.26. The van der Waals surface area contributed by atoms with Gasteiger partial charge in [0, 0.05) is 55.4 Å². The van der Waals surface area contributed by atoms with Crippen LogP contribution in [-0.4, -0.2) is 34.9 Å². The second-order valence-corrected chi connectivity index (χ2v) is 7.67. The number of halogens is 1. The van der Waals surface area contributed by atoms with Crippen LogP contribution in [0.3, 0.4) is 0 Å². The minimum absolute atomic E-state index is 0.0454. The van der Waals surface area contributed by atoms with E-state index in [4.69, 9.17) is 11.6 Å². The zero-order valence-corrected chi connectivity index (χ0v) is 16.9. The Morgan fingerprint density at radius 2 is 1.86 bits per heavy atom. The van der Waals surface area contributed by atoms with Crippen molar-refractivity contribution in [3.05, 3.63) is 68.7 Å². The van der Waals surface area contributed by atoms with Crippen LogP contribution in [0.25, 0.3) is 0 Å². The Morgan fingerprint density at radius 1 is 1.21 bits per heavy atom. The number of hydrogen-bond donors (Lipinski definition) is 0. The van der Waals surface area contributed by atoms with Crippen LogP contribution in [0.1, 0.15) is 30.9 Å². The fourth-order valence-corrected chi connectivity index (χ4v) is 3.90. The van der Waals surface area contributed by atoms with Crippen LogP contribution < -0.4 is 4.90 Å². The van der Waals surface area contributed by atoms with E-state index in [0.717, 1.165) is 42.7 Å². The number of nitro groups is 1. The van der Waals surface area contributed by atoms with Crippen molar-refractivity contribution in [2.75, 3.05) is 18.0 Å². The van der Waals surface area contributed by atoms with E-state index in [9.17, 15) is 14.9 Å². The molecule has 0 spiro atoms. The Hall–Kier alpha value is -2.44. The predicted molar refractivity (Wildman–Crippen MR) is 111 cm³/mol. The number of anilines is 1. The van der Waals surface area contributed by atoms with Gasteiger partial charge in [0.2, 0.25) is 5.91 Å². The van der Waals surface area contributed by atoms with E-state index in [1.54, 1.807) is 19.1 Å². The summed E-state index contributed by atoms with van der Waals surface area (Å²) in [5.41, 5.74) is 2.90. The lowest BCUT2D eigenvalue weighted by molar-refractivity contribution is -0.384. The average molecular weight is 402 g/mol. The van der Waals surface area contributed by atoms with Crippen LogP contribution in [0, 0.1) is 17.0 Å². The van der Waals surface area contributed by atoms with Gasteiger partial charge in [-0.15, -0.1) is 0 Å². The molecule has 0 aliphatic carbocycles. The summed E-state index contributed by atoms with van der Waals surface area (Å²) in [5, 5.41) is 11.5. The first-order valence-corrected chi connectivity index (χ1v) is 9.74. The molecule has 7 heteroatoms. The van der Waals surface area contributed by atoms with Crippen LogP contribution in [0.2, 0.25) is 5.02 Å². The first-order chi connectivity index (χ1) is 13.3. The van der Waals surface area contributed by atoms with Gasteiger partial charge in [-0.2, -0.15) is 0 Å². The molecule has 28 heavy (non-hydrogen) atoms. The van der Waals surface area contributed by atoms with Crippen molar-refractivity contribution in [1.82, 2.24) is 4.90 Å². The van der Waals surface area contributed by atoms with Crippen molar-refractivity contribution in [2.24, 2.45) is 0 Å². The molecular weight excluding hydrogens is 378 g/mol. The number of hydrogen-bond acceptors (Lipinski definition) is 4. The van der Waals surface area contributed by atoms with Gasteiger partial charge in [0.25, 0.3) is 5.69 Å². The number of nitrogens with zero attached hydrogens (tertiary/aromatic N) is 3. The molecule has 0 radical (unpaired) electrons. The fourth-order valence-electron chi connectivity index (χ4n) is 3.73. The molecule has 0 N–H and O–H groups in total. The van der Waals surface area contributed by atoms with Crippen LogP contribution in [0.15, 0.2) is 42.5 Å². The van der Waals surface area contributed by atoms with Crippen molar-refractivity contribution >= 4 is 28.9 Å². The molecule has 0 atom stereocenters. The van der Waals surface area contributed by atoms with Crippen molar-refractivity contribution in [1.29, 1.82) is 0 Å². The molecule has 1 amide bonds. The van der Waals surface area contributed by atoms with Gasteiger partial charge in [0.1, 0.15) is 0 Å². The Labute approximate surface area is 169 Å². The zero-order valence-electron chi connectivity index (χ0n) is 16.1. The van der Waals surface area contributed by atoms with E-state index in [-0.39, 0.29) is 17.6 Å². The molecule has 1 aliphatic heterocycles. The number of non-ortho nitro benzene ring substituents is 1. The van der Waals surface area contributed by atoms with Crippen LogP contribution >= 0.6 is 11.6 Å². The lowest BCUT2D eigenvalue weighted by atomic mass is 10.0. The minimum Gasteiger partial charge on any atom is -0.310 e. The molecule has 1 aliphatic rings. The lowest BCUT2D eigenvalue weighted by Crippen LogP contribution is -2.46. The van der Waals surface area contributed by atoms with Crippen LogP contribution in [0.4, 0.5) is 11.4 Å². The topological polar surface area (TPSA) is 66.7 Å². The first-order valence-electron chi connectivity index (χ1n) is 9.37. The van der Waals surface area contributed by atoms with E-state index >= 15 is 0 Å². The van der Waals surface area contributed by atoms with Gasteiger partial charge in [-0.05, 0) is 43.5 Å². The summed E-state index contributed by atoms with van der Waals surface area (Å²) < 4.78 is 0. The molecule has 1 fully saturated rings. The van der Waals surface area contributed by atoms with Crippen molar-refractivity contribution in [2.45, 2.75) is 39.3 Å². The number of rotatable bonds is 5. The molecule has 148 valence electrons. The van der Waals surface area contributed by atoms with Crippen molar-refractivity contribution in [3.63, 3.8) is 0 Å². The second kappa shape index (κ2) is 8.71. The predicted octanol–water partition coefficient (Wildman–Crippen LogP) is 4.57. The third kappa shape index (κ3) is 4.69. The Balaban J connectivity index is 1.66. The highest BCUT2D eigenvalue weighted by Gasteiger charge is 2.27. The zero-order chi connectivity index (χ0) is 20.3. The third-order valence-electron chi connectivity index (χ3n) is 5.21. The Bertz CT molecular complexity index is 862. The first kappa shape index (κ1) is 20.3. The molecule has 3 rings (SSSR count). The highest BCUT2D eigenvalue weighted by atomic mass is 35.5. The van der Waals surface area contributed by atoms with E-state index in [2.05, 4.69) is 4.90 Å². The largest absolute Gasteiger partial charge is 0.310 e. The number of piperidine rings is 1. The normalized spacial score (nSPS) is 15.4. The molecule has 2 aromatic rings. The van der Waals surface area contributed by atoms with E-state index in [1.165, 1.54) is 6.07 Å². The molecule has 2 aromatic carbocycles. The minimum atomic E-state index is -0.404. The maximum absolute atomic E-state index is 12.3. The van der Waals surface area contributed by atoms with Gasteiger partial charge in [-0.1, -0.05) is 29.3 Å². The Kier molecular flexibility index (Phi) is 6.31. The van der Waals surface area contributed by atoms with Gasteiger partial charge >= 0.3 is 0 Å². The monoisotopic (exact) mass is 401 g/mol. The molecule has 0 bridgehead atoms. The summed E-state index contributed by atoms with van der Waals surface area (Å²) in [5.74, 6) is 0.0454. The van der Waals surface area contributed by atoms with Gasteiger partial charge in [0.05, 0.1) is 4.92 Å². The van der Waals surface area contributed by atoms with Crippen LogP contribution in [-0.2, 0) is 11.3 Å². The van der Waals surface area contributed by atoms with Crippen molar-refractivity contribution < 1.29 is 9.72 Å². The van der Waals surface area contributed by atoms with Gasteiger partial charge in [-0.25, -0.2) is 0 Å². The highest BCUT2D eigenvalue weighted by molar-refractivity contribution is 6.31. The molecule has 0 aromatic heterocycles. The standard InChI is InChI=1S/C21H24ClN3O3/c1-15-3-5-18(6-4-15)24(16(2)26)19-9-11-23(12-10-19)14-17-13-20(25(27)28)7-8-21(17)22/h3-8,13,19H,9-12,14H2,1-2H3. The summed E-state index contributed by atoms with van der Waals surface area (Å²) in [6.07, 6.45) is 1.69. The number of amides is 1. The van der Waals surface area contributed by atoms with Gasteiger partial charge < -0.3 is 4.90 Å². The molecule has 0 saturated carbocycles. The van der Waals surface area contributed by atoms with Gasteiger partial charge in [-0.3, -0.25) is 19.8 Å². The third-order valence-corrected chi connectivity index (χ3v) is 5.58. The molecule has 0 unspecified atom stereocenters. The quantitative estimate of drug-likeness (QED) is 0.543. The number of benzene rings is 2. The molecule has 1 heterocycles. The number of carbonyl (C=O) groups is 1. The highest BCUT2D eigenvalue weighted by Crippen LogP contribution is 2.27. The summed E-state index contributed by atoms with van der Waals surface area (Å²) in [6, 6.07) is 12.7. The van der Waals surface area contributed by atoms with E-state index in [1.807, 2.05) is 36.1 Å². The maximum Gasteiger partial charge on any atom is 0.269 e. The average Bonchev–Trinajstić information content (AvgIpc) is 2.66. The number of aryl methyl sites for hydroxylation is 1. The number of nitro benzene ring substituents is 1.